The second-order valence-corrected chi connectivity index (χ2v) is 8.45. The largest absolute Gasteiger partial charge is 0.326 e. The minimum Gasteiger partial charge on any atom is -0.326 e. The van der Waals surface area contributed by atoms with Gasteiger partial charge in [-0.3, -0.25) is 9.78 Å². The van der Waals surface area contributed by atoms with Crippen molar-refractivity contribution in [3.63, 3.8) is 0 Å². The molecule has 0 saturated heterocycles. The van der Waals surface area contributed by atoms with Crippen molar-refractivity contribution in [3.8, 4) is 0 Å². The van der Waals surface area contributed by atoms with Crippen LogP contribution >= 0.6 is 15.9 Å². The third-order valence-corrected chi connectivity index (χ3v) is 6.15. The molecule has 1 N–H and O–H groups in total. The van der Waals surface area contributed by atoms with Gasteiger partial charge in [0.2, 0.25) is 5.91 Å². The third-order valence-electron chi connectivity index (χ3n) is 5.63. The van der Waals surface area contributed by atoms with Gasteiger partial charge in [0.15, 0.2) is 0 Å². The van der Waals surface area contributed by atoms with Gasteiger partial charge in [-0.05, 0) is 91.6 Å². The van der Waals surface area contributed by atoms with E-state index < -0.39 is 0 Å². The third kappa shape index (κ3) is 4.41. The molecule has 4 rings (SSSR count). The molecule has 1 heterocycles. The fourth-order valence-electron chi connectivity index (χ4n) is 4.18. The number of halogens is 2. The standard InChI is InChI=1S/C23H22BrFN2O/c24-17-5-8-19(9-6-17)27-23(28)13-15-1-3-16(4-2-15)20-11-12-26-22-10-7-18(25)14-21(20)22/h5-12,14-16H,1-4,13H2,(H,27,28). The quantitative estimate of drug-likeness (QED) is 0.506. The molecule has 144 valence electrons. The molecular weight excluding hydrogens is 419 g/mol. The molecule has 28 heavy (non-hydrogen) atoms. The number of carbonyl (C=O) groups is 1. The first-order valence-electron chi connectivity index (χ1n) is 9.68. The van der Waals surface area contributed by atoms with Crippen LogP contribution in [-0.2, 0) is 4.79 Å². The summed E-state index contributed by atoms with van der Waals surface area (Å²) in [6.45, 7) is 0. The Morgan fingerprint density at radius 1 is 1.07 bits per heavy atom. The number of amides is 1. The minimum absolute atomic E-state index is 0.0715. The van der Waals surface area contributed by atoms with Gasteiger partial charge in [0, 0.05) is 28.2 Å². The summed E-state index contributed by atoms with van der Waals surface area (Å²) >= 11 is 3.40. The van der Waals surface area contributed by atoms with E-state index >= 15 is 0 Å². The van der Waals surface area contributed by atoms with Crippen molar-refractivity contribution in [1.29, 1.82) is 0 Å². The monoisotopic (exact) mass is 440 g/mol. The Labute approximate surface area is 172 Å². The van der Waals surface area contributed by atoms with Crippen LogP contribution in [0, 0.1) is 11.7 Å². The molecule has 1 fully saturated rings. The summed E-state index contributed by atoms with van der Waals surface area (Å²) in [7, 11) is 0. The van der Waals surface area contributed by atoms with Gasteiger partial charge in [-0.2, -0.15) is 0 Å². The Morgan fingerprint density at radius 2 is 1.82 bits per heavy atom. The number of hydrogen-bond acceptors (Lipinski definition) is 2. The van der Waals surface area contributed by atoms with E-state index in [1.165, 1.54) is 11.6 Å². The highest BCUT2D eigenvalue weighted by molar-refractivity contribution is 9.10. The molecule has 5 heteroatoms. The molecule has 1 aliphatic carbocycles. The lowest BCUT2D eigenvalue weighted by atomic mass is 9.77. The van der Waals surface area contributed by atoms with Crippen molar-refractivity contribution >= 4 is 38.4 Å². The average Bonchev–Trinajstić information content (AvgIpc) is 2.70. The highest BCUT2D eigenvalue weighted by atomic mass is 79.9. The predicted octanol–water partition coefficient (Wildman–Crippen LogP) is 6.44. The van der Waals surface area contributed by atoms with Crippen molar-refractivity contribution in [2.45, 2.75) is 38.0 Å². The Morgan fingerprint density at radius 3 is 2.57 bits per heavy atom. The van der Waals surface area contributed by atoms with Gasteiger partial charge in [-0.25, -0.2) is 4.39 Å². The maximum absolute atomic E-state index is 13.7. The number of nitrogens with one attached hydrogen (secondary N) is 1. The maximum Gasteiger partial charge on any atom is 0.224 e. The number of hydrogen-bond donors (Lipinski definition) is 1. The zero-order valence-corrected chi connectivity index (χ0v) is 17.1. The van der Waals surface area contributed by atoms with Crippen molar-refractivity contribution in [3.05, 3.63) is 70.6 Å². The predicted molar refractivity (Wildman–Crippen MR) is 114 cm³/mol. The van der Waals surface area contributed by atoms with Gasteiger partial charge in [0.05, 0.1) is 5.52 Å². The van der Waals surface area contributed by atoms with Crippen LogP contribution in [0.15, 0.2) is 59.2 Å². The van der Waals surface area contributed by atoms with E-state index in [0.29, 0.717) is 18.3 Å². The van der Waals surface area contributed by atoms with E-state index in [0.717, 1.165) is 46.7 Å². The average molecular weight is 441 g/mol. The SMILES string of the molecule is O=C(CC1CCC(c2ccnc3ccc(F)cc23)CC1)Nc1ccc(Br)cc1. The van der Waals surface area contributed by atoms with Crippen LogP contribution in [0.4, 0.5) is 10.1 Å². The fraction of sp³-hybridized carbons (Fsp3) is 0.304. The number of nitrogens with zero attached hydrogens (tertiary/aromatic N) is 1. The first-order chi connectivity index (χ1) is 13.6. The summed E-state index contributed by atoms with van der Waals surface area (Å²) in [6.07, 6.45) is 6.43. The molecule has 0 spiro atoms. The number of aromatic nitrogens is 1. The zero-order valence-electron chi connectivity index (χ0n) is 15.5. The number of rotatable bonds is 4. The van der Waals surface area contributed by atoms with Gasteiger partial charge < -0.3 is 5.32 Å². The molecular formula is C23H22BrFN2O. The highest BCUT2D eigenvalue weighted by Crippen LogP contribution is 2.39. The Bertz CT molecular complexity index is 982. The first kappa shape index (κ1) is 19.1. The van der Waals surface area contributed by atoms with E-state index in [4.69, 9.17) is 0 Å². The molecule has 0 atom stereocenters. The minimum atomic E-state index is -0.222. The molecule has 0 unspecified atom stereocenters. The summed E-state index contributed by atoms with van der Waals surface area (Å²) in [5.41, 5.74) is 2.85. The van der Waals surface area contributed by atoms with Gasteiger partial charge in [-0.15, -0.1) is 0 Å². The molecule has 3 aromatic rings. The van der Waals surface area contributed by atoms with Crippen LogP contribution < -0.4 is 5.32 Å². The van der Waals surface area contributed by atoms with Crippen LogP contribution in [0.5, 0.6) is 0 Å². The van der Waals surface area contributed by atoms with E-state index in [2.05, 4.69) is 26.2 Å². The summed E-state index contributed by atoms with van der Waals surface area (Å²) in [6, 6.07) is 14.4. The molecule has 1 saturated carbocycles. The molecule has 0 radical (unpaired) electrons. The molecule has 1 aliphatic rings. The smallest absolute Gasteiger partial charge is 0.224 e. The van der Waals surface area contributed by atoms with E-state index in [1.54, 1.807) is 12.1 Å². The van der Waals surface area contributed by atoms with Crippen LogP contribution in [0.3, 0.4) is 0 Å². The Kier molecular flexibility index (Phi) is 5.72. The van der Waals surface area contributed by atoms with Crippen molar-refractivity contribution in [2.75, 3.05) is 5.32 Å². The lowest BCUT2D eigenvalue weighted by molar-refractivity contribution is -0.117. The molecule has 3 nitrogen and oxygen atoms in total. The van der Waals surface area contributed by atoms with E-state index in [1.807, 2.05) is 36.5 Å². The van der Waals surface area contributed by atoms with Crippen LogP contribution in [0.1, 0.15) is 43.6 Å². The Hall–Kier alpha value is -2.27. The lowest BCUT2D eigenvalue weighted by Crippen LogP contribution is -2.20. The zero-order chi connectivity index (χ0) is 19.5. The molecule has 1 aromatic heterocycles. The first-order valence-corrected chi connectivity index (χ1v) is 10.5. The number of anilines is 1. The number of carbonyl (C=O) groups excluding carboxylic acids is 1. The van der Waals surface area contributed by atoms with Crippen molar-refractivity contribution < 1.29 is 9.18 Å². The topological polar surface area (TPSA) is 42.0 Å². The van der Waals surface area contributed by atoms with Gasteiger partial charge in [-0.1, -0.05) is 15.9 Å². The molecule has 2 aromatic carbocycles. The van der Waals surface area contributed by atoms with Gasteiger partial charge in [0.25, 0.3) is 0 Å². The lowest BCUT2D eigenvalue weighted by Gasteiger charge is -2.29. The number of benzene rings is 2. The van der Waals surface area contributed by atoms with Crippen LogP contribution in [0.25, 0.3) is 10.9 Å². The van der Waals surface area contributed by atoms with Gasteiger partial charge in [0.1, 0.15) is 5.82 Å². The second kappa shape index (κ2) is 8.39. The van der Waals surface area contributed by atoms with Crippen molar-refractivity contribution in [1.82, 2.24) is 4.98 Å². The van der Waals surface area contributed by atoms with Crippen LogP contribution in [-0.4, -0.2) is 10.9 Å². The summed E-state index contributed by atoms with van der Waals surface area (Å²) < 4.78 is 14.7. The normalized spacial score (nSPS) is 19.5. The summed E-state index contributed by atoms with van der Waals surface area (Å²) in [5, 5.41) is 3.90. The van der Waals surface area contributed by atoms with Crippen LogP contribution in [0.2, 0.25) is 0 Å². The fourth-order valence-corrected chi connectivity index (χ4v) is 4.45. The summed E-state index contributed by atoms with van der Waals surface area (Å²) in [4.78, 5) is 16.7. The Balaban J connectivity index is 1.36. The number of pyridine rings is 1. The molecule has 1 amide bonds. The highest BCUT2D eigenvalue weighted by Gasteiger charge is 2.25. The van der Waals surface area contributed by atoms with E-state index in [9.17, 15) is 9.18 Å². The van der Waals surface area contributed by atoms with Crippen molar-refractivity contribution in [2.24, 2.45) is 5.92 Å². The number of fused-ring (bicyclic) bond motifs is 1. The second-order valence-electron chi connectivity index (χ2n) is 7.54. The molecule has 0 bridgehead atoms. The van der Waals surface area contributed by atoms with Gasteiger partial charge >= 0.3 is 0 Å². The maximum atomic E-state index is 13.7. The van der Waals surface area contributed by atoms with E-state index in [-0.39, 0.29) is 11.7 Å². The molecule has 0 aliphatic heterocycles. The summed E-state index contributed by atoms with van der Waals surface area (Å²) in [5.74, 6) is 0.650.